The fourth-order valence-corrected chi connectivity index (χ4v) is 2.56. The van der Waals surface area contributed by atoms with E-state index in [1.807, 2.05) is 19.1 Å². The van der Waals surface area contributed by atoms with Crippen molar-refractivity contribution >= 4 is 23.1 Å². The molecule has 0 unspecified atom stereocenters. The van der Waals surface area contributed by atoms with Crippen molar-refractivity contribution in [1.29, 1.82) is 0 Å². The minimum atomic E-state index is -0.256. The highest BCUT2D eigenvalue weighted by Gasteiger charge is 2.11. The normalized spacial score (nSPS) is 10.4. The predicted octanol–water partition coefficient (Wildman–Crippen LogP) is 3.71. The molecule has 0 bridgehead atoms. The summed E-state index contributed by atoms with van der Waals surface area (Å²) in [7, 11) is 0. The molecule has 1 heterocycles. The van der Waals surface area contributed by atoms with E-state index >= 15 is 0 Å². The van der Waals surface area contributed by atoms with Crippen LogP contribution in [0.2, 0.25) is 0 Å². The van der Waals surface area contributed by atoms with E-state index in [2.05, 4.69) is 52.6 Å². The SMILES string of the molecule is CCCNc1ccc(C(=O)Nc2ccc(N(CC)CC)cc2C)nn1. The van der Waals surface area contributed by atoms with Crippen LogP contribution in [0.3, 0.4) is 0 Å². The summed E-state index contributed by atoms with van der Waals surface area (Å²) < 4.78 is 0. The van der Waals surface area contributed by atoms with Crippen LogP contribution in [0.25, 0.3) is 0 Å². The van der Waals surface area contributed by atoms with E-state index in [0.717, 1.165) is 43.0 Å². The second kappa shape index (κ2) is 9.01. The number of carbonyl (C=O) groups is 1. The van der Waals surface area contributed by atoms with Crippen LogP contribution < -0.4 is 15.5 Å². The second-order valence-corrected chi connectivity index (χ2v) is 5.86. The van der Waals surface area contributed by atoms with Gasteiger partial charge in [-0.15, -0.1) is 10.2 Å². The molecule has 2 rings (SSSR count). The molecule has 6 nitrogen and oxygen atoms in total. The Bertz CT molecular complexity index is 695. The van der Waals surface area contributed by atoms with Gasteiger partial charge in [-0.05, 0) is 63.1 Å². The molecular formula is C19H27N5O. The minimum Gasteiger partial charge on any atom is -0.372 e. The molecule has 2 N–H and O–H groups in total. The Labute approximate surface area is 149 Å². The number of amides is 1. The van der Waals surface area contributed by atoms with E-state index in [-0.39, 0.29) is 5.91 Å². The Morgan fingerprint density at radius 2 is 1.84 bits per heavy atom. The van der Waals surface area contributed by atoms with Crippen molar-refractivity contribution in [2.24, 2.45) is 0 Å². The Morgan fingerprint density at radius 1 is 1.08 bits per heavy atom. The molecule has 0 fully saturated rings. The molecule has 0 radical (unpaired) electrons. The predicted molar refractivity (Wildman–Crippen MR) is 104 cm³/mol. The lowest BCUT2D eigenvalue weighted by atomic mass is 10.1. The number of hydrogen-bond acceptors (Lipinski definition) is 5. The average Bonchev–Trinajstić information content (AvgIpc) is 2.63. The molecule has 25 heavy (non-hydrogen) atoms. The maximum Gasteiger partial charge on any atom is 0.276 e. The molecule has 0 saturated carbocycles. The van der Waals surface area contributed by atoms with Crippen LogP contribution in [-0.4, -0.2) is 35.7 Å². The maximum absolute atomic E-state index is 12.4. The number of benzene rings is 1. The highest BCUT2D eigenvalue weighted by Crippen LogP contribution is 2.23. The van der Waals surface area contributed by atoms with Crippen LogP contribution in [0, 0.1) is 6.92 Å². The van der Waals surface area contributed by atoms with Gasteiger partial charge in [-0.25, -0.2) is 0 Å². The first-order valence-electron chi connectivity index (χ1n) is 8.83. The van der Waals surface area contributed by atoms with Gasteiger partial charge in [-0.3, -0.25) is 4.79 Å². The zero-order valence-corrected chi connectivity index (χ0v) is 15.5. The quantitative estimate of drug-likeness (QED) is 0.766. The third-order valence-electron chi connectivity index (χ3n) is 4.04. The topological polar surface area (TPSA) is 70.2 Å². The monoisotopic (exact) mass is 341 g/mol. The molecular weight excluding hydrogens is 314 g/mol. The van der Waals surface area contributed by atoms with Crippen LogP contribution in [0.1, 0.15) is 43.2 Å². The molecule has 0 saturated heterocycles. The number of anilines is 3. The molecule has 0 spiro atoms. The number of nitrogens with one attached hydrogen (secondary N) is 2. The number of carbonyl (C=O) groups excluding carboxylic acids is 1. The third kappa shape index (κ3) is 4.92. The molecule has 0 aliphatic rings. The fourth-order valence-electron chi connectivity index (χ4n) is 2.56. The van der Waals surface area contributed by atoms with Gasteiger partial charge in [-0.2, -0.15) is 0 Å². The van der Waals surface area contributed by atoms with Crippen molar-refractivity contribution in [1.82, 2.24) is 10.2 Å². The molecule has 1 aromatic heterocycles. The van der Waals surface area contributed by atoms with E-state index in [4.69, 9.17) is 0 Å². The van der Waals surface area contributed by atoms with Crippen LogP contribution in [-0.2, 0) is 0 Å². The number of hydrogen-bond donors (Lipinski definition) is 2. The average molecular weight is 341 g/mol. The maximum atomic E-state index is 12.4. The first kappa shape index (κ1) is 18.7. The van der Waals surface area contributed by atoms with Crippen LogP contribution in [0.5, 0.6) is 0 Å². The lowest BCUT2D eigenvalue weighted by molar-refractivity contribution is 0.102. The van der Waals surface area contributed by atoms with Gasteiger partial charge in [0.1, 0.15) is 5.82 Å². The lowest BCUT2D eigenvalue weighted by Gasteiger charge is -2.22. The summed E-state index contributed by atoms with van der Waals surface area (Å²) in [6.07, 6.45) is 1.01. The summed E-state index contributed by atoms with van der Waals surface area (Å²) in [4.78, 5) is 14.6. The molecule has 134 valence electrons. The largest absolute Gasteiger partial charge is 0.372 e. The first-order valence-corrected chi connectivity index (χ1v) is 8.83. The summed E-state index contributed by atoms with van der Waals surface area (Å²) in [5.41, 5.74) is 3.27. The third-order valence-corrected chi connectivity index (χ3v) is 4.04. The Kier molecular flexibility index (Phi) is 6.74. The van der Waals surface area contributed by atoms with Gasteiger partial charge in [0.2, 0.25) is 0 Å². The molecule has 2 aromatic rings. The number of aromatic nitrogens is 2. The van der Waals surface area contributed by atoms with Gasteiger partial charge >= 0.3 is 0 Å². The van der Waals surface area contributed by atoms with Gasteiger partial charge in [0.15, 0.2) is 5.69 Å². The number of aryl methyl sites for hydroxylation is 1. The van der Waals surface area contributed by atoms with Crippen LogP contribution in [0.15, 0.2) is 30.3 Å². The smallest absolute Gasteiger partial charge is 0.276 e. The highest BCUT2D eigenvalue weighted by atomic mass is 16.1. The molecule has 1 aromatic carbocycles. The minimum absolute atomic E-state index is 0.256. The van der Waals surface area contributed by atoms with Crippen LogP contribution >= 0.6 is 0 Å². The molecule has 0 aliphatic carbocycles. The fraction of sp³-hybridized carbons (Fsp3) is 0.421. The Balaban J connectivity index is 2.07. The van der Waals surface area contributed by atoms with Crippen molar-refractivity contribution in [2.75, 3.05) is 35.2 Å². The van der Waals surface area contributed by atoms with Gasteiger partial charge in [-0.1, -0.05) is 6.92 Å². The van der Waals surface area contributed by atoms with Crippen molar-refractivity contribution in [3.8, 4) is 0 Å². The van der Waals surface area contributed by atoms with E-state index in [1.54, 1.807) is 12.1 Å². The Hall–Kier alpha value is -2.63. The molecule has 1 amide bonds. The van der Waals surface area contributed by atoms with Gasteiger partial charge in [0, 0.05) is 31.0 Å². The highest BCUT2D eigenvalue weighted by molar-refractivity contribution is 6.03. The molecule has 6 heteroatoms. The first-order chi connectivity index (χ1) is 12.1. The van der Waals surface area contributed by atoms with E-state index < -0.39 is 0 Å². The Morgan fingerprint density at radius 3 is 2.40 bits per heavy atom. The van der Waals surface area contributed by atoms with Gasteiger partial charge in [0.25, 0.3) is 5.91 Å². The van der Waals surface area contributed by atoms with E-state index in [1.165, 1.54) is 0 Å². The van der Waals surface area contributed by atoms with Crippen molar-refractivity contribution in [3.05, 3.63) is 41.6 Å². The van der Waals surface area contributed by atoms with E-state index in [9.17, 15) is 4.79 Å². The molecule has 0 atom stereocenters. The summed E-state index contributed by atoms with van der Waals surface area (Å²) in [5.74, 6) is 0.423. The summed E-state index contributed by atoms with van der Waals surface area (Å²) in [6.45, 7) is 11.1. The second-order valence-electron chi connectivity index (χ2n) is 5.86. The van der Waals surface area contributed by atoms with Crippen molar-refractivity contribution in [2.45, 2.75) is 34.1 Å². The van der Waals surface area contributed by atoms with E-state index in [0.29, 0.717) is 11.5 Å². The van der Waals surface area contributed by atoms with Crippen molar-refractivity contribution in [3.63, 3.8) is 0 Å². The van der Waals surface area contributed by atoms with Crippen molar-refractivity contribution < 1.29 is 4.79 Å². The van der Waals surface area contributed by atoms with Gasteiger partial charge in [0.05, 0.1) is 0 Å². The zero-order chi connectivity index (χ0) is 18.2. The summed E-state index contributed by atoms with van der Waals surface area (Å²) in [5, 5.41) is 14.1. The van der Waals surface area contributed by atoms with Gasteiger partial charge < -0.3 is 15.5 Å². The standard InChI is InChI=1S/C19H27N5O/c1-5-12-20-18-11-10-17(22-23-18)19(25)21-16-9-8-15(13-14(16)4)24(6-2)7-3/h8-11,13H,5-7,12H2,1-4H3,(H,20,23)(H,21,25). The van der Waals surface area contributed by atoms with Crippen LogP contribution in [0.4, 0.5) is 17.2 Å². The summed E-state index contributed by atoms with van der Waals surface area (Å²) >= 11 is 0. The summed E-state index contributed by atoms with van der Waals surface area (Å²) in [6, 6.07) is 9.50. The number of nitrogens with zero attached hydrogens (tertiary/aromatic N) is 3. The zero-order valence-electron chi connectivity index (χ0n) is 15.5. The number of rotatable bonds is 8. The molecule has 0 aliphatic heterocycles. The lowest BCUT2D eigenvalue weighted by Crippen LogP contribution is -2.22.